The van der Waals surface area contributed by atoms with Gasteiger partial charge in [0.1, 0.15) is 0 Å². The molecule has 1 aliphatic heterocycles. The molecule has 0 aromatic heterocycles. The van der Waals surface area contributed by atoms with E-state index in [0.717, 1.165) is 5.70 Å². The van der Waals surface area contributed by atoms with E-state index in [1.165, 1.54) is 0 Å². The fourth-order valence-electron chi connectivity index (χ4n) is 0.336. The van der Waals surface area contributed by atoms with Crippen molar-refractivity contribution in [1.29, 1.82) is 0 Å². The summed E-state index contributed by atoms with van der Waals surface area (Å²) >= 11 is 0. The van der Waals surface area contributed by atoms with Crippen LogP contribution in [0.4, 0.5) is 0 Å². The summed E-state index contributed by atoms with van der Waals surface area (Å²) in [5.41, 5.74) is 0.843. The van der Waals surface area contributed by atoms with E-state index in [1.807, 2.05) is 12.2 Å². The predicted molar refractivity (Wildman–Crippen MR) is 33.5 cm³/mol. The number of aliphatic imine (C=N–C) groups is 1. The van der Waals surface area contributed by atoms with Gasteiger partial charge in [-0.2, -0.15) is 0 Å². The van der Waals surface area contributed by atoms with E-state index in [4.69, 9.17) is 0 Å². The molecule has 0 aromatic rings. The van der Waals surface area contributed by atoms with Crippen molar-refractivity contribution in [2.75, 3.05) is 0 Å². The lowest BCUT2D eigenvalue weighted by Gasteiger charge is -1.71. The van der Waals surface area contributed by atoms with E-state index in [2.05, 4.69) is 11.6 Å². The molecular weight excluding hydrogens is 86.1 g/mol. The van der Waals surface area contributed by atoms with Crippen molar-refractivity contribution in [3.8, 4) is 0 Å². The van der Waals surface area contributed by atoms with Gasteiger partial charge in [-0.3, -0.25) is 4.99 Å². The molecule has 0 saturated heterocycles. The van der Waals surface area contributed by atoms with Crippen LogP contribution in [-0.4, -0.2) is 6.21 Å². The maximum absolute atomic E-state index is 3.81. The first kappa shape index (κ1) is 6.15. The van der Waals surface area contributed by atoms with Crippen LogP contribution in [0, 0.1) is 0 Å². The van der Waals surface area contributed by atoms with Crippen molar-refractivity contribution in [1.82, 2.24) is 0 Å². The quantitative estimate of drug-likeness (QED) is 0.435. The Labute approximate surface area is 44.1 Å². The van der Waals surface area contributed by atoms with Crippen molar-refractivity contribution in [2.45, 2.75) is 7.43 Å². The van der Waals surface area contributed by atoms with Gasteiger partial charge in [-0.05, 0) is 12.2 Å². The van der Waals surface area contributed by atoms with Gasteiger partial charge in [0.25, 0.3) is 0 Å². The molecule has 7 heavy (non-hydrogen) atoms. The first-order valence-electron chi connectivity index (χ1n) is 1.79. The molecule has 0 fully saturated rings. The summed E-state index contributed by atoms with van der Waals surface area (Å²) in [6, 6.07) is 0. The Morgan fingerprint density at radius 1 is 1.57 bits per heavy atom. The highest BCUT2D eigenvalue weighted by molar-refractivity contribution is 5.76. The van der Waals surface area contributed by atoms with Crippen molar-refractivity contribution < 1.29 is 0 Å². The lowest BCUT2D eigenvalue weighted by Crippen LogP contribution is -1.51. The minimum atomic E-state index is 0. The van der Waals surface area contributed by atoms with Gasteiger partial charge < -0.3 is 0 Å². The molecule has 1 rings (SSSR count). The molecular formula is C6H9N. The third kappa shape index (κ3) is 1.35. The standard InChI is InChI=1S/C5H5N.CH4/c1-5-3-2-4-6-5;/h2-4H,1H2;1H4. The van der Waals surface area contributed by atoms with Gasteiger partial charge in [-0.25, -0.2) is 0 Å². The second-order valence-electron chi connectivity index (χ2n) is 1.13. The highest BCUT2D eigenvalue weighted by Crippen LogP contribution is 1.97. The number of hydrogen-bond acceptors (Lipinski definition) is 1. The predicted octanol–water partition coefficient (Wildman–Crippen LogP) is 1.78. The van der Waals surface area contributed by atoms with Gasteiger partial charge in [0.2, 0.25) is 0 Å². The van der Waals surface area contributed by atoms with Crippen molar-refractivity contribution in [2.24, 2.45) is 4.99 Å². The van der Waals surface area contributed by atoms with Crippen LogP contribution >= 0.6 is 0 Å². The molecule has 0 aromatic carbocycles. The van der Waals surface area contributed by atoms with E-state index in [1.54, 1.807) is 6.21 Å². The van der Waals surface area contributed by atoms with E-state index >= 15 is 0 Å². The zero-order chi connectivity index (χ0) is 4.41. The first-order valence-corrected chi connectivity index (χ1v) is 1.79. The van der Waals surface area contributed by atoms with Gasteiger partial charge in [-0.1, -0.05) is 14.0 Å². The summed E-state index contributed by atoms with van der Waals surface area (Å²) in [7, 11) is 0. The normalized spacial score (nSPS) is 14.6. The SMILES string of the molecule is C.C=C1C=CC=N1. The summed E-state index contributed by atoms with van der Waals surface area (Å²) in [5, 5.41) is 0. The Morgan fingerprint density at radius 3 is 2.43 bits per heavy atom. The average Bonchev–Trinajstić information content (AvgIpc) is 1.86. The third-order valence-corrected chi connectivity index (χ3v) is 0.615. The molecule has 38 valence electrons. The summed E-state index contributed by atoms with van der Waals surface area (Å²) in [6.45, 7) is 3.57. The Kier molecular flexibility index (Phi) is 2.06. The van der Waals surface area contributed by atoms with Gasteiger partial charge in [0.15, 0.2) is 0 Å². The molecule has 1 nitrogen and oxygen atoms in total. The van der Waals surface area contributed by atoms with E-state index < -0.39 is 0 Å². The van der Waals surface area contributed by atoms with Crippen LogP contribution in [0.25, 0.3) is 0 Å². The van der Waals surface area contributed by atoms with Crippen molar-refractivity contribution in [3.05, 3.63) is 24.4 Å². The van der Waals surface area contributed by atoms with Crippen LogP contribution in [0.15, 0.2) is 29.4 Å². The highest BCUT2D eigenvalue weighted by Gasteiger charge is 1.81. The summed E-state index contributed by atoms with van der Waals surface area (Å²) in [6.07, 6.45) is 5.45. The highest BCUT2D eigenvalue weighted by atomic mass is 14.7. The van der Waals surface area contributed by atoms with E-state index in [9.17, 15) is 0 Å². The average molecular weight is 95.1 g/mol. The zero-order valence-corrected chi connectivity index (χ0v) is 3.39. The Balaban J connectivity index is 0.000000360. The maximum Gasteiger partial charge on any atom is 0.0558 e. The van der Waals surface area contributed by atoms with E-state index in [0.29, 0.717) is 0 Å². The first-order chi connectivity index (χ1) is 2.89. The van der Waals surface area contributed by atoms with Crippen molar-refractivity contribution >= 4 is 6.21 Å². The number of allylic oxidation sites excluding steroid dienone is 2. The minimum Gasteiger partial charge on any atom is -0.258 e. The molecule has 0 N–H and O–H groups in total. The fourth-order valence-corrected chi connectivity index (χ4v) is 0.336. The Bertz CT molecular complexity index is 106. The second kappa shape index (κ2) is 2.35. The van der Waals surface area contributed by atoms with Gasteiger partial charge in [-0.15, -0.1) is 0 Å². The summed E-state index contributed by atoms with van der Waals surface area (Å²) in [4.78, 5) is 3.81. The number of nitrogens with zero attached hydrogens (tertiary/aromatic N) is 1. The molecule has 0 atom stereocenters. The topological polar surface area (TPSA) is 12.4 Å². The molecule has 0 amide bonds. The lowest BCUT2D eigenvalue weighted by atomic mass is 10.5. The lowest BCUT2D eigenvalue weighted by molar-refractivity contribution is 1.50. The van der Waals surface area contributed by atoms with Gasteiger partial charge in [0, 0.05) is 6.21 Å². The van der Waals surface area contributed by atoms with Crippen LogP contribution in [0.1, 0.15) is 7.43 Å². The molecule has 0 bridgehead atoms. The maximum atomic E-state index is 3.81. The Hall–Kier alpha value is -0.850. The second-order valence-corrected chi connectivity index (χ2v) is 1.13. The van der Waals surface area contributed by atoms with Crippen LogP contribution in [0.5, 0.6) is 0 Å². The van der Waals surface area contributed by atoms with Crippen LogP contribution in [0.2, 0.25) is 0 Å². The monoisotopic (exact) mass is 95.1 g/mol. The fraction of sp³-hybridized carbons (Fsp3) is 0.167. The molecule has 0 spiro atoms. The van der Waals surface area contributed by atoms with Gasteiger partial charge in [0.05, 0.1) is 5.70 Å². The summed E-state index contributed by atoms with van der Waals surface area (Å²) in [5.74, 6) is 0. The van der Waals surface area contributed by atoms with Gasteiger partial charge >= 0.3 is 0 Å². The molecule has 1 heterocycles. The third-order valence-electron chi connectivity index (χ3n) is 0.615. The number of hydrogen-bond donors (Lipinski definition) is 0. The van der Waals surface area contributed by atoms with Crippen LogP contribution in [0.3, 0.4) is 0 Å². The number of rotatable bonds is 0. The molecule has 1 heteroatoms. The largest absolute Gasteiger partial charge is 0.258 e. The molecule has 1 aliphatic rings. The molecule has 0 saturated carbocycles. The minimum absolute atomic E-state index is 0. The summed E-state index contributed by atoms with van der Waals surface area (Å²) < 4.78 is 0. The molecule has 0 radical (unpaired) electrons. The molecule has 0 unspecified atom stereocenters. The van der Waals surface area contributed by atoms with E-state index in [-0.39, 0.29) is 7.43 Å². The Morgan fingerprint density at radius 2 is 2.29 bits per heavy atom. The smallest absolute Gasteiger partial charge is 0.0558 e. The van der Waals surface area contributed by atoms with Crippen LogP contribution in [-0.2, 0) is 0 Å². The van der Waals surface area contributed by atoms with Crippen molar-refractivity contribution in [3.63, 3.8) is 0 Å². The van der Waals surface area contributed by atoms with Crippen LogP contribution < -0.4 is 0 Å². The molecule has 0 aliphatic carbocycles. The zero-order valence-electron chi connectivity index (χ0n) is 3.39.